The summed E-state index contributed by atoms with van der Waals surface area (Å²) in [6.45, 7) is 5.58. The number of aliphatic hydroxyl groups is 1. The molecule has 0 spiro atoms. The summed E-state index contributed by atoms with van der Waals surface area (Å²) in [5.74, 6) is -0.857. The second kappa shape index (κ2) is 7.11. The maximum Gasteiger partial charge on any atom is 0.326 e. The van der Waals surface area contributed by atoms with Crippen LogP contribution in [-0.2, 0) is 4.79 Å². The van der Waals surface area contributed by atoms with Gasteiger partial charge in [0.2, 0.25) is 0 Å². The Morgan fingerprint density at radius 3 is 2.18 bits per heavy atom. The van der Waals surface area contributed by atoms with Crippen LogP contribution in [0.3, 0.4) is 0 Å². The van der Waals surface area contributed by atoms with Gasteiger partial charge in [0, 0.05) is 26.1 Å². The van der Waals surface area contributed by atoms with Crippen LogP contribution in [0.5, 0.6) is 0 Å². The van der Waals surface area contributed by atoms with E-state index >= 15 is 0 Å². The van der Waals surface area contributed by atoms with E-state index in [1.807, 2.05) is 20.8 Å². The van der Waals surface area contributed by atoms with Crippen LogP contribution in [0.25, 0.3) is 0 Å². The van der Waals surface area contributed by atoms with E-state index in [1.54, 1.807) is 7.05 Å². The highest BCUT2D eigenvalue weighted by molar-refractivity contribution is 5.82. The van der Waals surface area contributed by atoms with Gasteiger partial charge in [-0.05, 0) is 12.8 Å². The Hall–Kier alpha value is -1.30. The van der Waals surface area contributed by atoms with Crippen LogP contribution in [-0.4, -0.2) is 52.9 Å². The Morgan fingerprint density at radius 1 is 1.29 bits per heavy atom. The molecule has 0 aromatic rings. The van der Waals surface area contributed by atoms with Gasteiger partial charge in [0.05, 0.1) is 0 Å². The molecule has 0 radical (unpaired) electrons. The summed E-state index contributed by atoms with van der Waals surface area (Å²) in [5.41, 5.74) is 0. The van der Waals surface area contributed by atoms with Crippen LogP contribution in [0.4, 0.5) is 4.79 Å². The lowest BCUT2D eigenvalue weighted by molar-refractivity contribution is -0.139. The largest absolute Gasteiger partial charge is 0.480 e. The number of carbonyl (C=O) groups excluding carboxylic acids is 1. The highest BCUT2D eigenvalue weighted by atomic mass is 16.4. The predicted molar refractivity (Wildman–Crippen MR) is 63.7 cm³/mol. The SMILES string of the molecule is CC(C)C(C)N(C)C(=O)NC(CCO)C(=O)O. The van der Waals surface area contributed by atoms with Crippen molar-refractivity contribution in [3.05, 3.63) is 0 Å². The average Bonchev–Trinajstić information content (AvgIpc) is 2.25. The van der Waals surface area contributed by atoms with Gasteiger partial charge in [-0.15, -0.1) is 0 Å². The zero-order valence-electron chi connectivity index (χ0n) is 10.8. The number of carboxylic acid groups (broad SMARTS) is 1. The summed E-state index contributed by atoms with van der Waals surface area (Å²) < 4.78 is 0. The van der Waals surface area contributed by atoms with Crippen molar-refractivity contribution >= 4 is 12.0 Å². The lowest BCUT2D eigenvalue weighted by Gasteiger charge is -2.29. The number of aliphatic hydroxyl groups excluding tert-OH is 1. The zero-order valence-corrected chi connectivity index (χ0v) is 10.8. The predicted octanol–water partition coefficient (Wildman–Crippen LogP) is 0.508. The Kier molecular flexibility index (Phi) is 6.57. The van der Waals surface area contributed by atoms with E-state index in [0.717, 1.165) is 0 Å². The molecule has 0 aromatic carbocycles. The molecular formula is C11H22N2O4. The van der Waals surface area contributed by atoms with Gasteiger partial charge in [-0.2, -0.15) is 0 Å². The third-order valence-electron chi connectivity index (χ3n) is 2.91. The first-order valence-electron chi connectivity index (χ1n) is 5.68. The second-order valence-electron chi connectivity index (χ2n) is 4.45. The molecule has 0 saturated heterocycles. The first-order valence-corrected chi connectivity index (χ1v) is 5.68. The van der Waals surface area contributed by atoms with E-state index < -0.39 is 18.0 Å². The van der Waals surface area contributed by atoms with E-state index in [0.29, 0.717) is 0 Å². The number of carboxylic acids is 1. The lowest BCUT2D eigenvalue weighted by atomic mass is 10.1. The molecule has 6 nitrogen and oxygen atoms in total. The number of rotatable bonds is 6. The van der Waals surface area contributed by atoms with E-state index in [1.165, 1.54) is 4.90 Å². The molecule has 0 rings (SSSR count). The van der Waals surface area contributed by atoms with Crippen molar-refractivity contribution in [1.29, 1.82) is 0 Å². The van der Waals surface area contributed by atoms with Gasteiger partial charge in [-0.3, -0.25) is 0 Å². The molecule has 2 unspecified atom stereocenters. The van der Waals surface area contributed by atoms with Gasteiger partial charge < -0.3 is 20.4 Å². The molecule has 6 heteroatoms. The summed E-state index contributed by atoms with van der Waals surface area (Å²) in [4.78, 5) is 24.0. The Bertz CT molecular complexity index is 268. The molecule has 0 aliphatic heterocycles. The normalized spacial score (nSPS) is 14.2. The van der Waals surface area contributed by atoms with E-state index in [2.05, 4.69) is 5.32 Å². The topological polar surface area (TPSA) is 89.9 Å². The van der Waals surface area contributed by atoms with Crippen LogP contribution < -0.4 is 5.32 Å². The number of hydrogen-bond acceptors (Lipinski definition) is 3. The van der Waals surface area contributed by atoms with Crippen LogP contribution in [0.1, 0.15) is 27.2 Å². The molecule has 0 heterocycles. The molecule has 0 fully saturated rings. The van der Waals surface area contributed by atoms with Crippen molar-refractivity contribution < 1.29 is 19.8 Å². The Morgan fingerprint density at radius 2 is 1.82 bits per heavy atom. The third kappa shape index (κ3) is 5.04. The molecule has 17 heavy (non-hydrogen) atoms. The molecule has 2 amide bonds. The Labute approximate surface area is 102 Å². The fourth-order valence-corrected chi connectivity index (χ4v) is 1.27. The number of carbonyl (C=O) groups is 2. The molecule has 100 valence electrons. The smallest absolute Gasteiger partial charge is 0.326 e. The summed E-state index contributed by atoms with van der Waals surface area (Å²) >= 11 is 0. The number of aliphatic carboxylic acids is 1. The minimum Gasteiger partial charge on any atom is -0.480 e. The summed E-state index contributed by atoms with van der Waals surface area (Å²) in [7, 11) is 1.62. The first-order chi connectivity index (χ1) is 7.81. The highest BCUT2D eigenvalue weighted by Gasteiger charge is 2.24. The molecule has 0 saturated carbocycles. The molecule has 0 aliphatic rings. The van der Waals surface area contributed by atoms with Crippen LogP contribution in [0.2, 0.25) is 0 Å². The second-order valence-corrected chi connectivity index (χ2v) is 4.45. The number of nitrogens with one attached hydrogen (secondary N) is 1. The van der Waals surface area contributed by atoms with Gasteiger partial charge in [0.15, 0.2) is 0 Å². The van der Waals surface area contributed by atoms with Crippen molar-refractivity contribution in [1.82, 2.24) is 10.2 Å². The van der Waals surface area contributed by atoms with Gasteiger partial charge in [-0.25, -0.2) is 9.59 Å². The fourth-order valence-electron chi connectivity index (χ4n) is 1.27. The van der Waals surface area contributed by atoms with Crippen LogP contribution >= 0.6 is 0 Å². The standard InChI is InChI=1S/C11H22N2O4/c1-7(2)8(3)13(4)11(17)12-9(5-6-14)10(15)16/h7-9,14H,5-6H2,1-4H3,(H,12,17)(H,15,16). The van der Waals surface area contributed by atoms with Gasteiger partial charge in [0.25, 0.3) is 0 Å². The minimum absolute atomic E-state index is 0.00493. The molecule has 0 aliphatic carbocycles. The molecule has 3 N–H and O–H groups in total. The maximum atomic E-state index is 11.7. The van der Waals surface area contributed by atoms with Crippen molar-refractivity contribution in [3.63, 3.8) is 0 Å². The van der Waals surface area contributed by atoms with Crippen molar-refractivity contribution in [3.8, 4) is 0 Å². The van der Waals surface area contributed by atoms with E-state index in [-0.39, 0.29) is 25.0 Å². The van der Waals surface area contributed by atoms with Crippen molar-refractivity contribution in [2.45, 2.75) is 39.3 Å². The zero-order chi connectivity index (χ0) is 13.6. The van der Waals surface area contributed by atoms with Crippen molar-refractivity contribution in [2.24, 2.45) is 5.92 Å². The summed E-state index contributed by atoms with van der Waals surface area (Å²) in [6, 6.07) is -1.47. The van der Waals surface area contributed by atoms with Gasteiger partial charge >= 0.3 is 12.0 Å². The molecule has 0 aromatic heterocycles. The fraction of sp³-hybridized carbons (Fsp3) is 0.818. The third-order valence-corrected chi connectivity index (χ3v) is 2.91. The average molecular weight is 246 g/mol. The van der Waals surface area contributed by atoms with Gasteiger partial charge in [0.1, 0.15) is 6.04 Å². The number of amides is 2. The lowest BCUT2D eigenvalue weighted by Crippen LogP contribution is -2.50. The monoisotopic (exact) mass is 246 g/mol. The molecular weight excluding hydrogens is 224 g/mol. The quantitative estimate of drug-likeness (QED) is 0.637. The van der Waals surface area contributed by atoms with Crippen LogP contribution in [0, 0.1) is 5.92 Å². The first kappa shape index (κ1) is 15.7. The highest BCUT2D eigenvalue weighted by Crippen LogP contribution is 2.08. The number of urea groups is 1. The molecule has 2 atom stereocenters. The van der Waals surface area contributed by atoms with Crippen molar-refractivity contribution in [2.75, 3.05) is 13.7 Å². The molecule has 0 bridgehead atoms. The number of hydrogen-bond donors (Lipinski definition) is 3. The minimum atomic E-state index is -1.14. The summed E-state index contributed by atoms with van der Waals surface area (Å²) in [5, 5.41) is 19.9. The van der Waals surface area contributed by atoms with Crippen LogP contribution in [0.15, 0.2) is 0 Å². The van der Waals surface area contributed by atoms with E-state index in [4.69, 9.17) is 10.2 Å². The number of nitrogens with zero attached hydrogens (tertiary/aromatic N) is 1. The van der Waals surface area contributed by atoms with E-state index in [9.17, 15) is 9.59 Å². The Balaban J connectivity index is 4.45. The summed E-state index contributed by atoms with van der Waals surface area (Å²) in [6.07, 6.45) is 0.00493. The maximum absolute atomic E-state index is 11.7. The van der Waals surface area contributed by atoms with Gasteiger partial charge in [-0.1, -0.05) is 13.8 Å².